The van der Waals surface area contributed by atoms with Gasteiger partial charge in [0, 0.05) is 24.2 Å². The molecule has 0 aromatic heterocycles. The predicted octanol–water partition coefficient (Wildman–Crippen LogP) is 3.86. The Labute approximate surface area is 172 Å². The fraction of sp³-hybridized carbons (Fsp3) is 0.176. The van der Waals surface area contributed by atoms with Crippen LogP contribution in [0.5, 0.6) is 0 Å². The molecule has 2 N–H and O–H groups in total. The molecule has 0 fully saturated rings. The largest absolute Gasteiger partial charge is 0.126 e. The van der Waals surface area contributed by atoms with Gasteiger partial charge in [-0.25, -0.2) is 0 Å². The molecule has 24 heavy (non-hydrogen) atoms. The topological polar surface area (TPSA) is 57.5 Å². The van der Waals surface area contributed by atoms with Crippen LogP contribution < -0.4 is 0 Å². The Morgan fingerprint density at radius 3 is 1.42 bits per heavy atom. The quantitative estimate of drug-likeness (QED) is 0.488. The van der Waals surface area contributed by atoms with Gasteiger partial charge in [-0.3, -0.25) is 0 Å². The predicted molar refractivity (Wildman–Crippen MR) is 103 cm³/mol. The number of rotatable bonds is 2. The molecule has 3 rings (SSSR count). The summed E-state index contributed by atoms with van der Waals surface area (Å²) in [7, 11) is 0. The molecule has 0 amide bonds. The number of fused-ring (bicyclic) bond motifs is 3. The molecule has 3 nitrogen and oxygen atoms in total. The van der Waals surface area contributed by atoms with Crippen molar-refractivity contribution >= 4 is 57.3 Å². The molecule has 0 heterocycles. The number of halogens is 2. The van der Waals surface area contributed by atoms with E-state index in [2.05, 4.69) is 54.6 Å². The summed E-state index contributed by atoms with van der Waals surface area (Å²) in [5.41, 5.74) is 0. The number of benzene rings is 2. The number of hydrogen-bond donors (Lipinski definition) is 2. The van der Waals surface area contributed by atoms with Gasteiger partial charge in [0.15, 0.2) is 0 Å². The van der Waals surface area contributed by atoms with Crippen molar-refractivity contribution in [3.05, 3.63) is 62.0 Å². The van der Waals surface area contributed by atoms with E-state index in [0.717, 1.165) is 20.4 Å². The molecular weight excluding hydrogens is 399 g/mol. The third-order valence-corrected chi connectivity index (χ3v) is 2.84. The zero-order valence-electron chi connectivity index (χ0n) is 13.4. The van der Waals surface area contributed by atoms with Crippen LogP contribution in [-0.4, -0.2) is 34.4 Å². The first-order valence-corrected chi connectivity index (χ1v) is 6.96. The summed E-state index contributed by atoms with van der Waals surface area (Å²) in [4.78, 5) is 0. The van der Waals surface area contributed by atoms with Crippen LogP contribution in [0, 0.1) is 7.43 Å². The van der Waals surface area contributed by atoms with Gasteiger partial charge >= 0.3 is 23.7 Å². The summed E-state index contributed by atoms with van der Waals surface area (Å²) in [6.07, 6.45) is 0.500. The van der Waals surface area contributed by atoms with Crippen LogP contribution in [0.2, 0.25) is 0 Å². The van der Waals surface area contributed by atoms with Crippen molar-refractivity contribution in [2.45, 2.75) is 6.42 Å². The van der Waals surface area contributed by atoms with Crippen LogP contribution in [0.4, 0.5) is 0 Å². The van der Waals surface area contributed by atoms with Gasteiger partial charge < -0.3 is 17.6 Å². The molecule has 3 aromatic carbocycles. The van der Waals surface area contributed by atoms with Crippen molar-refractivity contribution in [1.82, 2.24) is 0 Å². The van der Waals surface area contributed by atoms with E-state index in [9.17, 15) is 0 Å². The number of hydrogen-bond acceptors (Lipinski definition) is 3. The number of aliphatic hydroxyl groups is 2. The zero-order chi connectivity index (χ0) is 14.8. The van der Waals surface area contributed by atoms with E-state index < -0.39 is 0 Å². The molecule has 0 saturated carbocycles. The van der Waals surface area contributed by atoms with Gasteiger partial charge in [0.1, 0.15) is 0 Å². The SMILES string of the molecule is Cl.Cl.OCCCO.[CH3-].[O]=[Ti+2].[Si].c1ccc2c(c1)[cH-]c1ccccc12. The monoisotopic (exact) mass is 420 g/mol. The Kier molecular flexibility index (Phi) is 24.6. The molecule has 4 radical (unpaired) electrons. The minimum absolute atomic E-state index is 0. The minimum Gasteiger partial charge on any atom is -0.126 e. The fourth-order valence-corrected chi connectivity index (χ4v) is 1.97. The zero-order valence-corrected chi connectivity index (χ0v) is 17.6. The number of aliphatic hydroxyl groups excluding tert-OH is 2. The molecule has 0 atom stereocenters. The summed E-state index contributed by atoms with van der Waals surface area (Å²) >= 11 is 0.750. The van der Waals surface area contributed by atoms with Crippen molar-refractivity contribution in [3.8, 4) is 0 Å². The summed E-state index contributed by atoms with van der Waals surface area (Å²) in [5, 5.41) is 21.2. The van der Waals surface area contributed by atoms with E-state index in [0.29, 0.717) is 6.42 Å². The van der Waals surface area contributed by atoms with Crippen molar-refractivity contribution in [3.63, 3.8) is 0 Å². The van der Waals surface area contributed by atoms with E-state index >= 15 is 0 Å². The minimum atomic E-state index is 0. The van der Waals surface area contributed by atoms with Gasteiger partial charge in [-0.05, 0) is 6.42 Å². The third kappa shape index (κ3) is 9.14. The first-order valence-electron chi connectivity index (χ1n) is 6.32. The second-order valence-corrected chi connectivity index (χ2v) is 4.12. The van der Waals surface area contributed by atoms with Crippen molar-refractivity contribution in [1.29, 1.82) is 0 Å². The first-order chi connectivity index (χ1) is 9.86. The van der Waals surface area contributed by atoms with Gasteiger partial charge in [-0.15, -0.1) is 64.6 Å². The van der Waals surface area contributed by atoms with Crippen LogP contribution in [-0.2, 0) is 23.7 Å². The van der Waals surface area contributed by atoms with Gasteiger partial charge in [0.25, 0.3) is 0 Å². The average Bonchev–Trinajstić information content (AvgIpc) is 2.89. The van der Waals surface area contributed by atoms with E-state index in [1.165, 1.54) is 21.5 Å². The molecule has 0 spiro atoms. The Morgan fingerprint density at radius 2 is 1.12 bits per heavy atom. The fourth-order valence-electron chi connectivity index (χ4n) is 1.97. The third-order valence-electron chi connectivity index (χ3n) is 2.84. The molecule has 0 aliphatic heterocycles. The van der Waals surface area contributed by atoms with Crippen LogP contribution in [0.3, 0.4) is 0 Å². The van der Waals surface area contributed by atoms with Crippen LogP contribution >= 0.6 is 24.8 Å². The molecule has 0 aliphatic rings. The summed E-state index contributed by atoms with van der Waals surface area (Å²) in [6.45, 7) is 0.188. The summed E-state index contributed by atoms with van der Waals surface area (Å²) in [6, 6.07) is 19.3. The van der Waals surface area contributed by atoms with Gasteiger partial charge in [-0.2, -0.15) is 0 Å². The Bertz CT molecular complexity index is 597. The molecule has 0 saturated heterocycles. The molecule has 0 unspecified atom stereocenters. The van der Waals surface area contributed by atoms with Gasteiger partial charge in [-0.1, -0.05) is 36.4 Å². The second-order valence-electron chi connectivity index (χ2n) is 4.12. The Morgan fingerprint density at radius 1 is 0.792 bits per heavy atom. The Hall–Kier alpha value is -0.459. The van der Waals surface area contributed by atoms with Crippen LogP contribution in [0.25, 0.3) is 21.5 Å². The normalized spacial score (nSPS) is 8.00. The van der Waals surface area contributed by atoms with Gasteiger partial charge in [0.05, 0.1) is 0 Å². The van der Waals surface area contributed by atoms with Crippen molar-refractivity contribution in [2.75, 3.05) is 13.2 Å². The van der Waals surface area contributed by atoms with Crippen LogP contribution in [0.1, 0.15) is 6.42 Å². The average molecular weight is 421 g/mol. The molecule has 7 heteroatoms. The summed E-state index contributed by atoms with van der Waals surface area (Å²) in [5.74, 6) is 0. The molecule has 0 bridgehead atoms. The van der Waals surface area contributed by atoms with Crippen LogP contribution in [0.15, 0.2) is 54.6 Å². The maximum atomic E-state index is 8.25. The molecule has 3 aromatic rings. The van der Waals surface area contributed by atoms with E-state index in [1.54, 1.807) is 0 Å². The molecule has 0 aliphatic carbocycles. The van der Waals surface area contributed by atoms with E-state index in [1.807, 2.05) is 0 Å². The maximum Gasteiger partial charge on any atom is 0 e. The van der Waals surface area contributed by atoms with Crippen molar-refractivity contribution in [2.24, 2.45) is 0 Å². The van der Waals surface area contributed by atoms with E-state index in [4.69, 9.17) is 13.5 Å². The second kappa shape index (κ2) is 18.9. The smallest absolute Gasteiger partial charge is 0 e. The summed E-state index contributed by atoms with van der Waals surface area (Å²) < 4.78 is 8.25. The standard InChI is InChI=1S/C13H9.C3H8O2.CH3.2ClH.O.Si.Ti/c1-3-7-12-10(5-1)9-11-6-2-4-8-13(11)12;4-2-1-3-5;;;;;;/h1-9H;4-5H,1-3H2;1H3;2*1H;;;/q-1;;-1;;;;;+2. The van der Waals surface area contributed by atoms with Crippen molar-refractivity contribution < 1.29 is 33.9 Å². The molecular formula is C17H22Cl2O3SiTi. The maximum absolute atomic E-state index is 8.25. The van der Waals surface area contributed by atoms with E-state index in [-0.39, 0.29) is 56.4 Å². The Balaban J connectivity index is -0.000000162. The first kappa shape index (κ1) is 31.3. The van der Waals surface area contributed by atoms with Gasteiger partial charge in [0.2, 0.25) is 0 Å². The molecule has 130 valence electrons.